The van der Waals surface area contributed by atoms with E-state index >= 15 is 0 Å². The number of hydrogen-bond donors (Lipinski definition) is 1. The normalized spacial score (nSPS) is 20.1. The standard InChI is InChI=1S/C14H18FNO4S/c15-12-1-3-13(4-2-12)20-9-14(17)16-7-5-11-6-8-21(18,19)10-11/h1-4,11H,5-10H2,(H,16,17). The fourth-order valence-corrected chi connectivity index (χ4v) is 4.16. The van der Waals surface area contributed by atoms with Crippen LogP contribution in [0.15, 0.2) is 24.3 Å². The van der Waals surface area contributed by atoms with Crippen LogP contribution in [0.2, 0.25) is 0 Å². The molecular weight excluding hydrogens is 297 g/mol. The van der Waals surface area contributed by atoms with Gasteiger partial charge >= 0.3 is 0 Å². The molecule has 2 rings (SSSR count). The second kappa shape index (κ2) is 6.89. The molecule has 1 amide bonds. The molecule has 0 radical (unpaired) electrons. The van der Waals surface area contributed by atoms with Crippen molar-refractivity contribution in [2.45, 2.75) is 12.8 Å². The van der Waals surface area contributed by atoms with Crippen LogP contribution in [0.3, 0.4) is 0 Å². The second-order valence-corrected chi connectivity index (χ2v) is 7.38. The molecule has 1 heterocycles. The Bertz CT molecular complexity index is 585. The second-order valence-electron chi connectivity index (χ2n) is 5.15. The molecule has 0 aliphatic carbocycles. The highest BCUT2D eigenvalue weighted by atomic mass is 32.2. The van der Waals surface area contributed by atoms with E-state index < -0.39 is 9.84 Å². The molecule has 7 heteroatoms. The fraction of sp³-hybridized carbons (Fsp3) is 0.500. The largest absolute Gasteiger partial charge is 0.484 e. The molecule has 1 fully saturated rings. The molecule has 1 saturated heterocycles. The summed E-state index contributed by atoms with van der Waals surface area (Å²) in [6, 6.07) is 5.42. The summed E-state index contributed by atoms with van der Waals surface area (Å²) in [7, 11) is -2.86. The average molecular weight is 315 g/mol. The summed E-state index contributed by atoms with van der Waals surface area (Å²) in [6.45, 7) is 0.292. The van der Waals surface area contributed by atoms with Crippen LogP contribution in [0.4, 0.5) is 4.39 Å². The van der Waals surface area contributed by atoms with Crippen molar-refractivity contribution in [3.63, 3.8) is 0 Å². The van der Waals surface area contributed by atoms with E-state index in [0.29, 0.717) is 25.1 Å². The van der Waals surface area contributed by atoms with Crippen molar-refractivity contribution < 1.29 is 22.3 Å². The summed E-state index contributed by atoms with van der Waals surface area (Å²) < 4.78 is 40.5. The molecule has 0 saturated carbocycles. The van der Waals surface area contributed by atoms with Crippen LogP contribution in [0.1, 0.15) is 12.8 Å². The first kappa shape index (κ1) is 15.8. The molecule has 21 heavy (non-hydrogen) atoms. The number of ether oxygens (including phenoxy) is 1. The quantitative estimate of drug-likeness (QED) is 0.854. The first-order valence-corrected chi connectivity index (χ1v) is 8.62. The Morgan fingerprint density at radius 1 is 1.33 bits per heavy atom. The third kappa shape index (κ3) is 5.34. The number of hydrogen-bond acceptors (Lipinski definition) is 4. The predicted octanol–water partition coefficient (Wildman–Crippen LogP) is 1.15. The van der Waals surface area contributed by atoms with Gasteiger partial charge in [0.25, 0.3) is 5.91 Å². The number of sulfone groups is 1. The highest BCUT2D eigenvalue weighted by Crippen LogP contribution is 2.20. The van der Waals surface area contributed by atoms with Crippen molar-refractivity contribution in [1.82, 2.24) is 5.32 Å². The molecular formula is C14H18FNO4S. The minimum Gasteiger partial charge on any atom is -0.484 e. The van der Waals surface area contributed by atoms with Gasteiger partial charge in [0, 0.05) is 6.54 Å². The lowest BCUT2D eigenvalue weighted by atomic mass is 10.1. The van der Waals surface area contributed by atoms with Crippen LogP contribution in [-0.2, 0) is 14.6 Å². The van der Waals surface area contributed by atoms with Gasteiger partial charge in [-0.3, -0.25) is 4.79 Å². The van der Waals surface area contributed by atoms with Gasteiger partial charge in [0.15, 0.2) is 16.4 Å². The van der Waals surface area contributed by atoms with Gasteiger partial charge in [-0.15, -0.1) is 0 Å². The zero-order valence-corrected chi connectivity index (χ0v) is 12.4. The first-order chi connectivity index (χ1) is 9.94. The van der Waals surface area contributed by atoms with Crippen LogP contribution in [-0.4, -0.2) is 39.0 Å². The summed E-state index contributed by atoms with van der Waals surface area (Å²) in [5.41, 5.74) is 0. The zero-order chi connectivity index (χ0) is 15.3. The van der Waals surface area contributed by atoms with E-state index in [4.69, 9.17) is 4.74 Å². The maximum absolute atomic E-state index is 12.7. The van der Waals surface area contributed by atoms with Gasteiger partial charge in [-0.25, -0.2) is 12.8 Å². The highest BCUT2D eigenvalue weighted by molar-refractivity contribution is 7.91. The minimum atomic E-state index is -2.86. The Hall–Kier alpha value is -1.63. The van der Waals surface area contributed by atoms with Gasteiger partial charge in [0.05, 0.1) is 11.5 Å². The van der Waals surface area contributed by atoms with Crippen molar-refractivity contribution in [2.24, 2.45) is 5.92 Å². The molecule has 1 aliphatic rings. The van der Waals surface area contributed by atoms with Gasteiger partial charge in [0.1, 0.15) is 11.6 Å². The molecule has 1 atom stereocenters. The first-order valence-electron chi connectivity index (χ1n) is 6.80. The van der Waals surface area contributed by atoms with Crippen LogP contribution in [0, 0.1) is 11.7 Å². The molecule has 1 aromatic carbocycles. The molecule has 1 N–H and O–H groups in total. The van der Waals surface area contributed by atoms with E-state index in [2.05, 4.69) is 5.32 Å². The Morgan fingerprint density at radius 2 is 2.05 bits per heavy atom. The topological polar surface area (TPSA) is 72.5 Å². The van der Waals surface area contributed by atoms with Crippen LogP contribution < -0.4 is 10.1 Å². The third-order valence-corrected chi connectivity index (χ3v) is 5.22. The number of carbonyl (C=O) groups is 1. The summed E-state index contributed by atoms with van der Waals surface area (Å²) >= 11 is 0. The Morgan fingerprint density at radius 3 is 2.67 bits per heavy atom. The number of benzene rings is 1. The smallest absolute Gasteiger partial charge is 0.257 e. The van der Waals surface area contributed by atoms with E-state index in [9.17, 15) is 17.6 Å². The molecule has 0 spiro atoms. The predicted molar refractivity (Wildman–Crippen MR) is 76.3 cm³/mol. The van der Waals surface area contributed by atoms with Gasteiger partial charge in [-0.05, 0) is 43.0 Å². The molecule has 0 bridgehead atoms. The van der Waals surface area contributed by atoms with Gasteiger partial charge < -0.3 is 10.1 Å². The summed E-state index contributed by atoms with van der Waals surface area (Å²) in [4.78, 5) is 11.6. The van der Waals surface area contributed by atoms with E-state index in [1.54, 1.807) is 0 Å². The maximum Gasteiger partial charge on any atom is 0.257 e. The minimum absolute atomic E-state index is 0.133. The van der Waals surface area contributed by atoms with Gasteiger partial charge in [-0.1, -0.05) is 0 Å². The summed E-state index contributed by atoms with van der Waals surface area (Å²) in [5.74, 6) is 0.383. The van der Waals surface area contributed by atoms with Crippen molar-refractivity contribution in [3.05, 3.63) is 30.1 Å². The Labute approximate surface area is 123 Å². The number of halogens is 1. The lowest BCUT2D eigenvalue weighted by molar-refractivity contribution is -0.123. The maximum atomic E-state index is 12.7. The summed E-state index contributed by atoms with van der Waals surface area (Å²) in [5, 5.41) is 2.69. The monoisotopic (exact) mass is 315 g/mol. The highest BCUT2D eigenvalue weighted by Gasteiger charge is 2.27. The van der Waals surface area contributed by atoms with E-state index in [1.807, 2.05) is 0 Å². The van der Waals surface area contributed by atoms with E-state index in [-0.39, 0.29) is 35.8 Å². The average Bonchev–Trinajstić information content (AvgIpc) is 2.78. The SMILES string of the molecule is O=C(COc1ccc(F)cc1)NCCC1CCS(=O)(=O)C1. The van der Waals surface area contributed by atoms with Crippen LogP contribution in [0.5, 0.6) is 5.75 Å². The Kier molecular flexibility index (Phi) is 5.17. The summed E-state index contributed by atoms with van der Waals surface area (Å²) in [6.07, 6.45) is 1.33. The van der Waals surface area contributed by atoms with Crippen molar-refractivity contribution in [2.75, 3.05) is 24.7 Å². The molecule has 5 nitrogen and oxygen atoms in total. The Balaban J connectivity index is 1.63. The van der Waals surface area contributed by atoms with Crippen LogP contribution >= 0.6 is 0 Å². The molecule has 116 valence electrons. The lowest BCUT2D eigenvalue weighted by Crippen LogP contribution is -2.30. The van der Waals surface area contributed by atoms with E-state index in [1.165, 1.54) is 24.3 Å². The molecule has 1 aliphatic heterocycles. The number of carbonyl (C=O) groups excluding carboxylic acids is 1. The van der Waals surface area contributed by atoms with Crippen molar-refractivity contribution >= 4 is 15.7 Å². The number of rotatable bonds is 6. The molecule has 1 unspecified atom stereocenters. The third-order valence-electron chi connectivity index (χ3n) is 3.39. The lowest BCUT2D eigenvalue weighted by Gasteiger charge is -2.10. The van der Waals surface area contributed by atoms with Crippen molar-refractivity contribution in [1.29, 1.82) is 0 Å². The van der Waals surface area contributed by atoms with Gasteiger partial charge in [-0.2, -0.15) is 0 Å². The van der Waals surface area contributed by atoms with Crippen molar-refractivity contribution in [3.8, 4) is 5.75 Å². The number of nitrogens with one attached hydrogen (secondary N) is 1. The molecule has 0 aromatic heterocycles. The van der Waals surface area contributed by atoms with Gasteiger partial charge in [0.2, 0.25) is 0 Å². The fourth-order valence-electron chi connectivity index (χ4n) is 2.25. The van der Waals surface area contributed by atoms with Crippen LogP contribution in [0.25, 0.3) is 0 Å². The molecule has 1 aromatic rings. The zero-order valence-electron chi connectivity index (χ0n) is 11.5. The van der Waals surface area contributed by atoms with E-state index in [0.717, 1.165) is 0 Å². The number of amides is 1.